The van der Waals surface area contributed by atoms with Crippen molar-refractivity contribution in [3.8, 4) is 6.01 Å². The highest BCUT2D eigenvalue weighted by Crippen LogP contribution is 2.23. The fourth-order valence-corrected chi connectivity index (χ4v) is 1.79. The molecule has 0 saturated carbocycles. The molecule has 6 nitrogen and oxygen atoms in total. The van der Waals surface area contributed by atoms with Gasteiger partial charge in [-0.1, -0.05) is 6.07 Å². The molecule has 0 saturated heterocycles. The van der Waals surface area contributed by atoms with Gasteiger partial charge in [0.05, 0.1) is 7.11 Å². The monoisotopic (exact) mass is 249 g/mol. The summed E-state index contributed by atoms with van der Waals surface area (Å²) < 4.78 is 5.00. The van der Waals surface area contributed by atoms with Gasteiger partial charge in [-0.3, -0.25) is 0 Å². The minimum absolute atomic E-state index is 0.280. The number of nitrogens with zero attached hydrogens (tertiary/aromatic N) is 4. The van der Waals surface area contributed by atoms with Gasteiger partial charge in [0.25, 0.3) is 0 Å². The number of rotatable bonds is 4. The molecule has 0 atom stereocenters. The summed E-state index contributed by atoms with van der Waals surface area (Å²) in [6.45, 7) is 0. The van der Waals surface area contributed by atoms with Crippen molar-refractivity contribution in [3.63, 3.8) is 0 Å². The summed E-state index contributed by atoms with van der Waals surface area (Å²) in [4.78, 5) is 16.5. The molecule has 0 aromatic carbocycles. The molecule has 0 bridgehead atoms. The molecular weight excluding hydrogens is 238 g/mol. The number of pyridine rings is 1. The first-order chi connectivity index (χ1) is 8.31. The van der Waals surface area contributed by atoms with E-state index in [2.05, 4.69) is 25.3 Å². The van der Waals surface area contributed by atoms with Crippen molar-refractivity contribution in [1.29, 1.82) is 0 Å². The van der Waals surface area contributed by atoms with E-state index in [0.29, 0.717) is 11.1 Å². The zero-order valence-corrected chi connectivity index (χ0v) is 10.2. The Morgan fingerprint density at radius 1 is 1.24 bits per heavy atom. The average Bonchev–Trinajstić information content (AvgIpc) is 2.39. The molecular formula is C10H11N5OS. The first-order valence-corrected chi connectivity index (χ1v) is 5.70. The van der Waals surface area contributed by atoms with E-state index in [1.54, 1.807) is 13.2 Å². The minimum Gasteiger partial charge on any atom is -0.467 e. The van der Waals surface area contributed by atoms with Gasteiger partial charge < -0.3 is 10.1 Å². The Balaban J connectivity index is 2.26. The topological polar surface area (TPSA) is 72.8 Å². The highest BCUT2D eigenvalue weighted by Gasteiger charge is 2.07. The molecule has 2 heterocycles. The van der Waals surface area contributed by atoms with Crippen LogP contribution in [0.3, 0.4) is 0 Å². The van der Waals surface area contributed by atoms with Crippen LogP contribution in [-0.4, -0.2) is 34.1 Å². The van der Waals surface area contributed by atoms with E-state index in [1.165, 1.54) is 18.9 Å². The van der Waals surface area contributed by atoms with Crippen LogP contribution in [0.4, 0.5) is 5.95 Å². The van der Waals surface area contributed by atoms with E-state index >= 15 is 0 Å². The van der Waals surface area contributed by atoms with E-state index in [0.717, 1.165) is 5.03 Å². The third-order valence-corrected chi connectivity index (χ3v) is 2.65. The van der Waals surface area contributed by atoms with Gasteiger partial charge in [0, 0.05) is 13.2 Å². The Kier molecular flexibility index (Phi) is 3.71. The molecule has 0 aliphatic heterocycles. The molecule has 0 fully saturated rings. The van der Waals surface area contributed by atoms with Crippen molar-refractivity contribution in [2.45, 2.75) is 10.2 Å². The molecule has 7 heteroatoms. The molecule has 17 heavy (non-hydrogen) atoms. The standard InChI is InChI=1S/C10H11N5OS/c1-11-8-13-9(16-2)15-10(14-8)17-7-5-3-4-6-12-7/h3-6H,1-2H3,(H,11,13,14,15). The van der Waals surface area contributed by atoms with Crippen molar-refractivity contribution >= 4 is 17.7 Å². The summed E-state index contributed by atoms with van der Waals surface area (Å²) >= 11 is 1.35. The summed E-state index contributed by atoms with van der Waals surface area (Å²) in [5, 5.41) is 4.22. The first-order valence-electron chi connectivity index (χ1n) is 4.88. The predicted octanol–water partition coefficient (Wildman–Crippen LogP) is 1.47. The second kappa shape index (κ2) is 5.44. The van der Waals surface area contributed by atoms with E-state index in [-0.39, 0.29) is 6.01 Å². The van der Waals surface area contributed by atoms with E-state index in [1.807, 2.05) is 18.2 Å². The molecule has 0 aliphatic carbocycles. The Morgan fingerprint density at radius 3 is 2.76 bits per heavy atom. The minimum atomic E-state index is 0.280. The number of hydrogen-bond acceptors (Lipinski definition) is 7. The largest absolute Gasteiger partial charge is 0.467 e. The number of ether oxygens (including phenoxy) is 1. The lowest BCUT2D eigenvalue weighted by Crippen LogP contribution is -2.02. The van der Waals surface area contributed by atoms with Crippen LogP contribution in [0, 0.1) is 0 Å². The summed E-state index contributed by atoms with van der Waals surface area (Å²) in [5.74, 6) is 0.468. The van der Waals surface area contributed by atoms with Gasteiger partial charge in [0.1, 0.15) is 5.03 Å². The fourth-order valence-electron chi connectivity index (χ4n) is 1.09. The summed E-state index contributed by atoms with van der Waals surface area (Å²) in [7, 11) is 3.26. The SMILES string of the molecule is CNc1nc(OC)nc(Sc2ccccn2)n1. The van der Waals surface area contributed by atoms with Gasteiger partial charge >= 0.3 is 6.01 Å². The van der Waals surface area contributed by atoms with Crippen molar-refractivity contribution in [1.82, 2.24) is 19.9 Å². The normalized spacial score (nSPS) is 10.0. The molecule has 2 aromatic heterocycles. The smallest absolute Gasteiger partial charge is 0.321 e. The van der Waals surface area contributed by atoms with Crippen molar-refractivity contribution in [2.75, 3.05) is 19.5 Å². The Morgan fingerprint density at radius 2 is 2.12 bits per heavy atom. The molecule has 0 radical (unpaired) electrons. The molecule has 2 aromatic rings. The lowest BCUT2D eigenvalue weighted by atomic mass is 10.5. The van der Waals surface area contributed by atoms with Crippen LogP contribution in [-0.2, 0) is 0 Å². The Labute approximate surface area is 103 Å². The number of methoxy groups -OCH3 is 1. The van der Waals surface area contributed by atoms with E-state index < -0.39 is 0 Å². The maximum Gasteiger partial charge on any atom is 0.321 e. The quantitative estimate of drug-likeness (QED) is 0.879. The number of aromatic nitrogens is 4. The van der Waals surface area contributed by atoms with Crippen LogP contribution in [0.1, 0.15) is 0 Å². The van der Waals surface area contributed by atoms with Crippen LogP contribution >= 0.6 is 11.8 Å². The maximum absolute atomic E-state index is 5.00. The Hall–Kier alpha value is -1.89. The summed E-state index contributed by atoms with van der Waals surface area (Å²) in [5.41, 5.74) is 0. The number of anilines is 1. The van der Waals surface area contributed by atoms with Crippen LogP contribution in [0.2, 0.25) is 0 Å². The maximum atomic E-state index is 5.00. The summed E-state index contributed by atoms with van der Waals surface area (Å²) in [6, 6.07) is 5.94. The van der Waals surface area contributed by atoms with Crippen LogP contribution in [0.15, 0.2) is 34.6 Å². The van der Waals surface area contributed by atoms with Crippen LogP contribution in [0.25, 0.3) is 0 Å². The molecule has 0 spiro atoms. The van der Waals surface area contributed by atoms with Crippen molar-refractivity contribution in [2.24, 2.45) is 0 Å². The fraction of sp³-hybridized carbons (Fsp3) is 0.200. The number of hydrogen-bond donors (Lipinski definition) is 1. The summed E-state index contributed by atoms with van der Waals surface area (Å²) in [6.07, 6.45) is 1.72. The molecule has 1 N–H and O–H groups in total. The molecule has 0 amide bonds. The third-order valence-electron chi connectivity index (χ3n) is 1.83. The first kappa shape index (κ1) is 11.6. The van der Waals surface area contributed by atoms with Gasteiger partial charge in [-0.15, -0.1) is 0 Å². The van der Waals surface area contributed by atoms with Crippen LogP contribution < -0.4 is 10.1 Å². The predicted molar refractivity (Wildman–Crippen MR) is 64.3 cm³/mol. The van der Waals surface area contributed by atoms with Gasteiger partial charge in [-0.2, -0.15) is 15.0 Å². The molecule has 2 rings (SSSR count). The second-order valence-electron chi connectivity index (χ2n) is 2.95. The van der Waals surface area contributed by atoms with Crippen molar-refractivity contribution in [3.05, 3.63) is 24.4 Å². The van der Waals surface area contributed by atoms with E-state index in [9.17, 15) is 0 Å². The highest BCUT2D eigenvalue weighted by molar-refractivity contribution is 7.99. The zero-order chi connectivity index (χ0) is 12.1. The van der Waals surface area contributed by atoms with E-state index in [4.69, 9.17) is 4.74 Å². The third kappa shape index (κ3) is 3.04. The van der Waals surface area contributed by atoms with Crippen molar-refractivity contribution < 1.29 is 4.74 Å². The molecule has 0 unspecified atom stereocenters. The lowest BCUT2D eigenvalue weighted by molar-refractivity contribution is 0.374. The van der Waals surface area contributed by atoms with Gasteiger partial charge in [0.15, 0.2) is 0 Å². The average molecular weight is 249 g/mol. The molecule has 88 valence electrons. The van der Waals surface area contributed by atoms with Crippen LogP contribution in [0.5, 0.6) is 6.01 Å². The van der Waals surface area contributed by atoms with Gasteiger partial charge in [-0.25, -0.2) is 4.98 Å². The van der Waals surface area contributed by atoms with Gasteiger partial charge in [0.2, 0.25) is 11.1 Å². The lowest BCUT2D eigenvalue weighted by Gasteiger charge is -2.04. The highest BCUT2D eigenvalue weighted by atomic mass is 32.2. The Bertz CT molecular complexity index is 471. The number of nitrogens with one attached hydrogen (secondary N) is 1. The zero-order valence-electron chi connectivity index (χ0n) is 9.41. The van der Waals surface area contributed by atoms with Gasteiger partial charge in [-0.05, 0) is 23.9 Å². The molecule has 0 aliphatic rings. The second-order valence-corrected chi connectivity index (χ2v) is 3.94.